The van der Waals surface area contributed by atoms with Gasteiger partial charge in [-0.3, -0.25) is 0 Å². The largest absolute Gasteiger partial charge is 0.493 e. The lowest BCUT2D eigenvalue weighted by atomic mass is 9.77. The first-order valence-corrected chi connectivity index (χ1v) is 11.1. The Morgan fingerprint density at radius 3 is 2.67 bits per heavy atom. The van der Waals surface area contributed by atoms with E-state index in [0.29, 0.717) is 0 Å². The van der Waals surface area contributed by atoms with Gasteiger partial charge in [-0.2, -0.15) is 5.26 Å². The Labute approximate surface area is 177 Å². The number of hydrogen-bond donors (Lipinski definition) is 0. The SMILES string of the molecule is Cc1cc(-c2nc(C#N)nc3c2ccn3C)ccc1OCCC1C2CCCC1CC2. The second kappa shape index (κ2) is 7.75. The summed E-state index contributed by atoms with van der Waals surface area (Å²) < 4.78 is 8.12. The van der Waals surface area contributed by atoms with Crippen LogP contribution in [-0.4, -0.2) is 21.1 Å². The van der Waals surface area contributed by atoms with Crippen LogP contribution in [-0.2, 0) is 7.05 Å². The third-order valence-corrected chi connectivity index (χ3v) is 7.25. The van der Waals surface area contributed by atoms with Gasteiger partial charge in [-0.1, -0.05) is 19.3 Å². The van der Waals surface area contributed by atoms with Crippen molar-refractivity contribution in [2.75, 3.05) is 6.61 Å². The van der Waals surface area contributed by atoms with Gasteiger partial charge >= 0.3 is 0 Å². The highest BCUT2D eigenvalue weighted by Gasteiger charge is 2.38. The maximum Gasteiger partial charge on any atom is 0.234 e. The molecule has 1 aromatic carbocycles. The van der Waals surface area contributed by atoms with Gasteiger partial charge in [0, 0.05) is 24.2 Å². The van der Waals surface area contributed by atoms with Crippen molar-refractivity contribution in [3.63, 3.8) is 0 Å². The molecule has 2 unspecified atom stereocenters. The smallest absolute Gasteiger partial charge is 0.234 e. The molecule has 0 spiro atoms. The quantitative estimate of drug-likeness (QED) is 0.574. The van der Waals surface area contributed by atoms with Gasteiger partial charge in [0.25, 0.3) is 0 Å². The van der Waals surface area contributed by atoms with Crippen LogP contribution in [0.2, 0.25) is 0 Å². The molecule has 5 nitrogen and oxygen atoms in total. The minimum Gasteiger partial charge on any atom is -0.493 e. The van der Waals surface area contributed by atoms with Gasteiger partial charge in [0.05, 0.1) is 12.3 Å². The van der Waals surface area contributed by atoms with Crippen LogP contribution in [0.1, 0.15) is 49.9 Å². The molecular formula is C25H28N4O. The van der Waals surface area contributed by atoms with Gasteiger partial charge in [0.15, 0.2) is 0 Å². The van der Waals surface area contributed by atoms with E-state index >= 15 is 0 Å². The zero-order chi connectivity index (χ0) is 20.7. The minimum atomic E-state index is 0.194. The first-order valence-electron chi connectivity index (χ1n) is 11.1. The summed E-state index contributed by atoms with van der Waals surface area (Å²) >= 11 is 0. The van der Waals surface area contributed by atoms with Crippen LogP contribution in [0.5, 0.6) is 5.75 Å². The molecule has 2 heterocycles. The van der Waals surface area contributed by atoms with Crippen molar-refractivity contribution in [3.05, 3.63) is 41.9 Å². The molecule has 0 N–H and O–H groups in total. The van der Waals surface area contributed by atoms with Crippen LogP contribution in [0.4, 0.5) is 0 Å². The number of ether oxygens (including phenoxy) is 1. The van der Waals surface area contributed by atoms with Gasteiger partial charge < -0.3 is 9.30 Å². The summed E-state index contributed by atoms with van der Waals surface area (Å²) in [7, 11) is 1.93. The second-order valence-corrected chi connectivity index (χ2v) is 8.98. The summed E-state index contributed by atoms with van der Waals surface area (Å²) in [5.41, 5.74) is 3.66. The lowest BCUT2D eigenvalue weighted by molar-refractivity contribution is 0.176. The Bertz CT molecular complexity index is 1110. The van der Waals surface area contributed by atoms with E-state index in [0.717, 1.165) is 58.0 Å². The predicted octanol–water partition coefficient (Wildman–Crippen LogP) is 5.41. The van der Waals surface area contributed by atoms with E-state index in [9.17, 15) is 5.26 Å². The van der Waals surface area contributed by atoms with Gasteiger partial charge in [0.1, 0.15) is 17.5 Å². The highest BCUT2D eigenvalue weighted by atomic mass is 16.5. The van der Waals surface area contributed by atoms with Crippen molar-refractivity contribution in [2.24, 2.45) is 24.8 Å². The molecule has 30 heavy (non-hydrogen) atoms. The maximum absolute atomic E-state index is 9.34. The molecule has 154 valence electrons. The van der Waals surface area contributed by atoms with Crippen LogP contribution in [0.15, 0.2) is 30.5 Å². The van der Waals surface area contributed by atoms with E-state index in [2.05, 4.69) is 29.0 Å². The standard InChI is InChI=1S/C25H28N4O/c1-16-14-19(24-21-10-12-29(2)25(21)28-23(15-26)27-24)8-9-22(16)30-13-11-20-17-4-3-5-18(20)7-6-17/h8-10,12,14,17-18,20H,3-7,11,13H2,1-2H3. The zero-order valence-corrected chi connectivity index (χ0v) is 17.8. The molecule has 3 aromatic rings. The summed E-state index contributed by atoms with van der Waals surface area (Å²) in [6, 6.07) is 10.3. The monoisotopic (exact) mass is 400 g/mol. The first kappa shape index (κ1) is 19.1. The van der Waals surface area contributed by atoms with Crippen LogP contribution in [0, 0.1) is 36.0 Å². The normalized spacial score (nSPS) is 22.9. The number of nitrogens with zero attached hydrogens (tertiary/aromatic N) is 4. The molecule has 2 bridgehead atoms. The van der Waals surface area contributed by atoms with E-state index < -0.39 is 0 Å². The lowest BCUT2D eigenvalue weighted by Crippen LogP contribution is -2.22. The lowest BCUT2D eigenvalue weighted by Gasteiger charge is -2.30. The molecule has 2 aliphatic carbocycles. The number of benzene rings is 1. The van der Waals surface area contributed by atoms with Crippen molar-refractivity contribution in [1.82, 2.24) is 14.5 Å². The molecule has 2 aromatic heterocycles. The Morgan fingerprint density at radius 2 is 1.93 bits per heavy atom. The number of fused-ring (bicyclic) bond motifs is 3. The van der Waals surface area contributed by atoms with Gasteiger partial charge in [0.2, 0.25) is 5.82 Å². The average Bonchev–Trinajstić information content (AvgIpc) is 3.22. The van der Waals surface area contributed by atoms with Crippen LogP contribution in [0.25, 0.3) is 22.3 Å². The molecule has 2 aliphatic rings. The Hall–Kier alpha value is -2.87. The number of aromatic nitrogens is 3. The summed E-state index contributed by atoms with van der Waals surface area (Å²) in [5, 5.41) is 10.3. The fourth-order valence-corrected chi connectivity index (χ4v) is 5.74. The number of nitriles is 1. The molecule has 0 saturated heterocycles. The third kappa shape index (κ3) is 3.35. The second-order valence-electron chi connectivity index (χ2n) is 8.98. The van der Waals surface area contributed by atoms with Crippen molar-refractivity contribution in [1.29, 1.82) is 5.26 Å². The van der Waals surface area contributed by atoms with Crippen LogP contribution < -0.4 is 4.74 Å². The summed E-state index contributed by atoms with van der Waals surface area (Å²) in [4.78, 5) is 8.84. The molecule has 2 fully saturated rings. The molecule has 0 amide bonds. The van der Waals surface area contributed by atoms with Crippen LogP contribution in [0.3, 0.4) is 0 Å². The van der Waals surface area contributed by atoms with Gasteiger partial charge in [-0.25, -0.2) is 9.97 Å². The molecule has 0 radical (unpaired) electrons. The van der Waals surface area contributed by atoms with Crippen molar-refractivity contribution >= 4 is 11.0 Å². The molecule has 2 saturated carbocycles. The van der Waals surface area contributed by atoms with E-state index in [-0.39, 0.29) is 5.82 Å². The number of hydrogen-bond acceptors (Lipinski definition) is 4. The molecular weight excluding hydrogens is 372 g/mol. The first-order chi connectivity index (χ1) is 14.6. The molecule has 0 aliphatic heterocycles. The molecule has 5 rings (SSSR count). The van der Waals surface area contributed by atoms with Crippen molar-refractivity contribution in [3.8, 4) is 23.1 Å². The van der Waals surface area contributed by atoms with E-state index in [1.54, 1.807) is 0 Å². The summed E-state index contributed by atoms with van der Waals surface area (Å²) in [6.07, 6.45) is 10.3. The van der Waals surface area contributed by atoms with E-state index in [4.69, 9.17) is 4.74 Å². The van der Waals surface area contributed by atoms with Crippen LogP contribution >= 0.6 is 0 Å². The molecule has 2 atom stereocenters. The number of rotatable bonds is 5. The topological polar surface area (TPSA) is 63.7 Å². The highest BCUT2D eigenvalue weighted by molar-refractivity contribution is 5.91. The zero-order valence-electron chi connectivity index (χ0n) is 17.8. The van der Waals surface area contributed by atoms with Gasteiger partial charge in [-0.05, 0) is 73.8 Å². The van der Waals surface area contributed by atoms with Crippen molar-refractivity contribution < 1.29 is 4.74 Å². The van der Waals surface area contributed by atoms with Crippen molar-refractivity contribution in [2.45, 2.75) is 45.4 Å². The Morgan fingerprint density at radius 1 is 1.13 bits per heavy atom. The highest BCUT2D eigenvalue weighted by Crippen LogP contribution is 2.48. The van der Waals surface area contributed by atoms with E-state index in [1.807, 2.05) is 36.0 Å². The average molecular weight is 401 g/mol. The summed E-state index contributed by atoms with van der Waals surface area (Å²) in [6.45, 7) is 2.88. The third-order valence-electron chi connectivity index (χ3n) is 7.25. The number of aryl methyl sites for hydroxylation is 2. The molecule has 5 heteroatoms. The van der Waals surface area contributed by atoms with Gasteiger partial charge in [-0.15, -0.1) is 0 Å². The summed E-state index contributed by atoms with van der Waals surface area (Å²) in [5.74, 6) is 3.89. The van der Waals surface area contributed by atoms with E-state index in [1.165, 1.54) is 38.5 Å². The minimum absolute atomic E-state index is 0.194. The fraction of sp³-hybridized carbons (Fsp3) is 0.480. The predicted molar refractivity (Wildman–Crippen MR) is 117 cm³/mol. The fourth-order valence-electron chi connectivity index (χ4n) is 5.74. The Balaban J connectivity index is 1.34. The Kier molecular flexibility index (Phi) is 4.94. The maximum atomic E-state index is 9.34.